The molecule has 0 fully saturated rings. The molecule has 5 heteroatoms. The number of halogens is 1. The summed E-state index contributed by atoms with van der Waals surface area (Å²) < 4.78 is 1.61. The Labute approximate surface area is 75.5 Å². The maximum atomic E-state index is 11.3. The van der Waals surface area contributed by atoms with Crippen LogP contribution in [0.2, 0.25) is 5.15 Å². The van der Waals surface area contributed by atoms with Crippen molar-refractivity contribution in [3.8, 4) is 0 Å². The molecule has 0 bridgehead atoms. The quantitative estimate of drug-likeness (QED) is 0.701. The van der Waals surface area contributed by atoms with Crippen molar-refractivity contribution in [3.63, 3.8) is 0 Å². The van der Waals surface area contributed by atoms with E-state index in [9.17, 15) is 4.79 Å². The number of aromatic nitrogens is 2. The van der Waals surface area contributed by atoms with Crippen LogP contribution in [0, 0.1) is 0 Å². The van der Waals surface area contributed by atoms with Gasteiger partial charge in [0.25, 0.3) is 0 Å². The molecular formula is C7H10ClN3O. The van der Waals surface area contributed by atoms with E-state index in [0.717, 1.165) is 0 Å². The Bertz CT molecular complexity index is 275. The van der Waals surface area contributed by atoms with Crippen LogP contribution in [0.25, 0.3) is 0 Å². The lowest BCUT2D eigenvalue weighted by Crippen LogP contribution is -2.20. The van der Waals surface area contributed by atoms with E-state index in [-0.39, 0.29) is 17.5 Å². The second-order valence-electron chi connectivity index (χ2n) is 2.45. The van der Waals surface area contributed by atoms with E-state index in [1.54, 1.807) is 18.7 Å². The Kier molecular flexibility index (Phi) is 2.83. The van der Waals surface area contributed by atoms with Gasteiger partial charge in [0.05, 0.1) is 12.9 Å². The summed E-state index contributed by atoms with van der Waals surface area (Å²) in [6, 6.07) is 0. The largest absolute Gasteiger partial charge is 0.330 e. The van der Waals surface area contributed by atoms with E-state index >= 15 is 0 Å². The number of rotatable bonds is 3. The van der Waals surface area contributed by atoms with Crippen molar-refractivity contribution < 1.29 is 4.79 Å². The summed E-state index contributed by atoms with van der Waals surface area (Å²) in [6.45, 7) is 0.277. The molecule has 0 aliphatic rings. The molecule has 0 aromatic carbocycles. The van der Waals surface area contributed by atoms with Crippen LogP contribution in [-0.2, 0) is 7.05 Å². The van der Waals surface area contributed by atoms with Gasteiger partial charge in [-0.25, -0.2) is 4.98 Å². The van der Waals surface area contributed by atoms with E-state index < -0.39 is 0 Å². The summed E-state index contributed by atoms with van der Waals surface area (Å²) in [6.07, 6.45) is 1.52. The number of likely N-dealkylation sites (N-methyl/N-ethyl adjacent to an activating group) is 1. The van der Waals surface area contributed by atoms with Gasteiger partial charge < -0.3 is 9.88 Å². The van der Waals surface area contributed by atoms with Gasteiger partial charge >= 0.3 is 0 Å². The van der Waals surface area contributed by atoms with Crippen LogP contribution in [0.5, 0.6) is 0 Å². The third-order valence-electron chi connectivity index (χ3n) is 1.49. The Balaban J connectivity index is 2.93. The van der Waals surface area contributed by atoms with Gasteiger partial charge in [0.15, 0.2) is 10.9 Å². The van der Waals surface area contributed by atoms with E-state index in [1.165, 1.54) is 6.33 Å². The molecule has 0 saturated carbocycles. The van der Waals surface area contributed by atoms with Gasteiger partial charge in [0, 0.05) is 7.05 Å². The number of nitrogens with zero attached hydrogens (tertiary/aromatic N) is 2. The average Bonchev–Trinajstić information content (AvgIpc) is 2.32. The second-order valence-corrected chi connectivity index (χ2v) is 2.81. The van der Waals surface area contributed by atoms with Crippen molar-refractivity contribution in [2.24, 2.45) is 7.05 Å². The molecule has 1 rings (SSSR count). The van der Waals surface area contributed by atoms with Crippen LogP contribution >= 0.6 is 11.6 Å². The standard InChI is InChI=1S/C7H10ClN3O/c1-9-3-5(12)6-7(8)10-4-11(6)2/h4,9H,3H2,1-2H3. The lowest BCUT2D eigenvalue weighted by molar-refractivity contribution is 0.0986. The summed E-state index contributed by atoms with van der Waals surface area (Å²) in [4.78, 5) is 15.1. The van der Waals surface area contributed by atoms with Gasteiger partial charge in [0.1, 0.15) is 5.69 Å². The number of ketones is 1. The first-order valence-corrected chi connectivity index (χ1v) is 3.89. The van der Waals surface area contributed by atoms with Crippen molar-refractivity contribution in [2.45, 2.75) is 0 Å². The smallest absolute Gasteiger partial charge is 0.196 e. The lowest BCUT2D eigenvalue weighted by atomic mass is 10.3. The van der Waals surface area contributed by atoms with Gasteiger partial charge in [-0.15, -0.1) is 0 Å². The average molecular weight is 188 g/mol. The maximum Gasteiger partial charge on any atom is 0.196 e. The Hall–Kier alpha value is -0.870. The molecule has 66 valence electrons. The number of aryl methyl sites for hydroxylation is 1. The molecular weight excluding hydrogens is 178 g/mol. The van der Waals surface area contributed by atoms with Crippen LogP contribution < -0.4 is 5.32 Å². The topological polar surface area (TPSA) is 46.9 Å². The zero-order valence-corrected chi connectivity index (χ0v) is 7.72. The van der Waals surface area contributed by atoms with Crippen LogP contribution in [0.4, 0.5) is 0 Å². The zero-order valence-electron chi connectivity index (χ0n) is 6.97. The Morgan fingerprint density at radius 1 is 1.83 bits per heavy atom. The van der Waals surface area contributed by atoms with Crippen LogP contribution in [-0.4, -0.2) is 28.9 Å². The summed E-state index contributed by atoms with van der Waals surface area (Å²) >= 11 is 5.70. The SMILES string of the molecule is CNCC(=O)c1c(Cl)ncn1C. The third kappa shape index (κ3) is 1.65. The van der Waals surface area contributed by atoms with Crippen molar-refractivity contribution >= 4 is 17.4 Å². The summed E-state index contributed by atoms with van der Waals surface area (Å²) in [5.41, 5.74) is 0.450. The highest BCUT2D eigenvalue weighted by atomic mass is 35.5. The first kappa shape index (κ1) is 9.22. The normalized spacial score (nSPS) is 10.2. The van der Waals surface area contributed by atoms with Gasteiger partial charge in [-0.05, 0) is 7.05 Å². The summed E-state index contributed by atoms with van der Waals surface area (Å²) in [5, 5.41) is 3.02. The maximum absolute atomic E-state index is 11.3. The van der Waals surface area contributed by atoms with Crippen LogP contribution in [0.3, 0.4) is 0 Å². The molecule has 0 spiro atoms. The highest BCUT2D eigenvalue weighted by Gasteiger charge is 2.13. The van der Waals surface area contributed by atoms with Gasteiger partial charge in [0.2, 0.25) is 0 Å². The summed E-state index contributed by atoms with van der Waals surface area (Å²) in [7, 11) is 3.45. The molecule has 0 aliphatic carbocycles. The molecule has 12 heavy (non-hydrogen) atoms. The van der Waals surface area contributed by atoms with Crippen LogP contribution in [0.1, 0.15) is 10.5 Å². The van der Waals surface area contributed by atoms with E-state index in [0.29, 0.717) is 5.69 Å². The number of carbonyl (C=O) groups is 1. The highest BCUT2D eigenvalue weighted by molar-refractivity contribution is 6.32. The molecule has 0 saturated heterocycles. The predicted octanol–water partition coefficient (Wildman–Crippen LogP) is 0.476. The zero-order chi connectivity index (χ0) is 9.14. The molecule has 1 aromatic heterocycles. The van der Waals surface area contributed by atoms with E-state index in [1.807, 2.05) is 0 Å². The molecule has 4 nitrogen and oxygen atoms in total. The number of carbonyl (C=O) groups excluding carboxylic acids is 1. The fourth-order valence-electron chi connectivity index (χ4n) is 0.958. The Morgan fingerprint density at radius 3 is 2.92 bits per heavy atom. The molecule has 1 aromatic rings. The molecule has 0 radical (unpaired) electrons. The number of Topliss-reactive ketones (excluding diaryl/α,β-unsaturated/α-hetero) is 1. The van der Waals surface area contributed by atoms with Crippen molar-refractivity contribution in [1.29, 1.82) is 0 Å². The van der Waals surface area contributed by atoms with Crippen molar-refractivity contribution in [1.82, 2.24) is 14.9 Å². The molecule has 1 heterocycles. The minimum absolute atomic E-state index is 0.0532. The predicted molar refractivity (Wildman–Crippen MR) is 46.5 cm³/mol. The fourth-order valence-corrected chi connectivity index (χ4v) is 1.24. The van der Waals surface area contributed by atoms with Crippen molar-refractivity contribution in [2.75, 3.05) is 13.6 Å². The number of hydrogen-bond acceptors (Lipinski definition) is 3. The van der Waals surface area contributed by atoms with Gasteiger partial charge in [-0.3, -0.25) is 4.79 Å². The van der Waals surface area contributed by atoms with Gasteiger partial charge in [-0.2, -0.15) is 0 Å². The highest BCUT2D eigenvalue weighted by Crippen LogP contribution is 2.12. The number of hydrogen-bond donors (Lipinski definition) is 1. The second kappa shape index (κ2) is 3.69. The first-order chi connectivity index (χ1) is 5.66. The number of nitrogens with one attached hydrogen (secondary N) is 1. The number of imidazole rings is 1. The molecule has 0 amide bonds. The first-order valence-electron chi connectivity index (χ1n) is 3.51. The van der Waals surface area contributed by atoms with Gasteiger partial charge in [-0.1, -0.05) is 11.6 Å². The Morgan fingerprint density at radius 2 is 2.50 bits per heavy atom. The van der Waals surface area contributed by atoms with E-state index in [2.05, 4.69) is 10.3 Å². The lowest BCUT2D eigenvalue weighted by Gasteiger charge is -2.00. The molecule has 0 aliphatic heterocycles. The summed E-state index contributed by atoms with van der Waals surface area (Å²) in [5.74, 6) is -0.0532. The molecule has 1 N–H and O–H groups in total. The molecule has 0 unspecified atom stereocenters. The van der Waals surface area contributed by atoms with E-state index in [4.69, 9.17) is 11.6 Å². The monoisotopic (exact) mass is 187 g/mol. The van der Waals surface area contributed by atoms with Crippen LogP contribution in [0.15, 0.2) is 6.33 Å². The fraction of sp³-hybridized carbons (Fsp3) is 0.429. The minimum atomic E-state index is -0.0532. The molecule has 0 atom stereocenters. The third-order valence-corrected chi connectivity index (χ3v) is 1.77. The minimum Gasteiger partial charge on any atom is -0.330 e. The van der Waals surface area contributed by atoms with Crippen molar-refractivity contribution in [3.05, 3.63) is 17.2 Å².